The third-order valence-electron chi connectivity index (χ3n) is 9.39. The van der Waals surface area contributed by atoms with Gasteiger partial charge >= 0.3 is 5.97 Å². The topological polar surface area (TPSA) is 66.4 Å². The van der Waals surface area contributed by atoms with Crippen LogP contribution < -0.4 is 5.32 Å². The number of carbonyl (C=O) groups is 2. The quantitative estimate of drug-likeness (QED) is 0.221. The number of hydrogen-bond donors (Lipinski definition) is 2. The van der Waals surface area contributed by atoms with Crippen LogP contribution in [-0.2, 0) is 21.8 Å². The molecule has 0 bridgehead atoms. The van der Waals surface area contributed by atoms with E-state index in [0.29, 0.717) is 36.9 Å². The van der Waals surface area contributed by atoms with Crippen LogP contribution in [-0.4, -0.2) is 35.0 Å². The van der Waals surface area contributed by atoms with E-state index in [1.54, 1.807) is 11.8 Å². The molecule has 0 heterocycles. The van der Waals surface area contributed by atoms with Crippen LogP contribution in [0.3, 0.4) is 0 Å². The van der Waals surface area contributed by atoms with Crippen LogP contribution in [0.1, 0.15) is 105 Å². The number of nitrogens with one attached hydrogen (secondary N) is 1. The van der Waals surface area contributed by atoms with Crippen molar-refractivity contribution in [2.45, 2.75) is 102 Å². The van der Waals surface area contributed by atoms with Crippen molar-refractivity contribution in [2.24, 2.45) is 11.8 Å². The summed E-state index contributed by atoms with van der Waals surface area (Å²) in [7, 11) is 0.383. The fraction of sp³-hybridized carbons (Fsp3) is 0.588. The maximum absolute atomic E-state index is 13.7. The Kier molecular flexibility index (Phi) is 12.3. The molecule has 1 unspecified atom stereocenters. The number of hydrogen-bond acceptors (Lipinski definition) is 4. The van der Waals surface area contributed by atoms with Crippen molar-refractivity contribution in [3.63, 3.8) is 0 Å². The highest BCUT2D eigenvalue weighted by atomic mass is 32.4. The first-order valence-electron chi connectivity index (χ1n) is 15.5. The minimum atomic E-state index is -0.993. The molecule has 2 fully saturated rings. The van der Waals surface area contributed by atoms with E-state index in [9.17, 15) is 14.7 Å². The molecule has 222 valence electrons. The molecular weight excluding hydrogens is 565 g/mol. The summed E-state index contributed by atoms with van der Waals surface area (Å²) in [4.78, 5) is 25.6. The molecule has 4 nitrogen and oxygen atoms in total. The highest BCUT2D eigenvalue weighted by molar-refractivity contribution is 7.98. The van der Waals surface area contributed by atoms with E-state index >= 15 is 0 Å². The average Bonchev–Trinajstić information content (AvgIpc) is 2.99. The summed E-state index contributed by atoms with van der Waals surface area (Å²) in [5.41, 5.74) is 4.82. The third kappa shape index (κ3) is 8.42. The smallest absolute Gasteiger partial charge is 0.326 e. The minimum Gasteiger partial charge on any atom is -0.480 e. The van der Waals surface area contributed by atoms with Gasteiger partial charge in [0.2, 0.25) is 0 Å². The van der Waals surface area contributed by atoms with Gasteiger partial charge < -0.3 is 10.4 Å². The highest BCUT2D eigenvalue weighted by Gasteiger charge is 2.43. The molecular formula is C34H47NO3PS2+. The predicted octanol–water partition coefficient (Wildman–Crippen LogP) is 8.87. The number of aliphatic carboxylic acids is 1. The maximum atomic E-state index is 13.7. The largest absolute Gasteiger partial charge is 0.480 e. The lowest BCUT2D eigenvalue weighted by molar-refractivity contribution is -0.139. The number of carbonyl (C=O) groups excluding carboxylic acids is 1. The van der Waals surface area contributed by atoms with Gasteiger partial charge in [0, 0.05) is 24.0 Å². The lowest BCUT2D eigenvalue weighted by atomic mass is 9.73. The molecule has 1 amide bonds. The standard InChI is InChI=1S/C34H46NO3PS2/c1-24-11-9-10-16-28(24)30-21-27(17-18-29(30)32(36)35-31(33(37)38)19-20-41-2)34(39-40,22-25-12-5-3-6-13-25)23-26-14-7-4-8-15-26/h9-11,16-18,21,25-26,31H,3-8,12-15,19-20,22-23H2,1-2H3,(H,35,36)(H,37,38)/p+1/t31-/m0/s1. The van der Waals surface area contributed by atoms with Gasteiger partial charge in [0.1, 0.15) is 6.04 Å². The second-order valence-electron chi connectivity index (χ2n) is 12.3. The molecule has 2 atom stereocenters. The zero-order valence-electron chi connectivity index (χ0n) is 24.8. The molecule has 41 heavy (non-hydrogen) atoms. The molecule has 0 aliphatic heterocycles. The van der Waals surface area contributed by atoms with Crippen molar-refractivity contribution in [3.05, 3.63) is 59.2 Å². The summed E-state index contributed by atoms with van der Waals surface area (Å²) >= 11 is 7.67. The van der Waals surface area contributed by atoms with E-state index < -0.39 is 12.0 Å². The van der Waals surface area contributed by atoms with Crippen LogP contribution in [0.4, 0.5) is 0 Å². The van der Waals surface area contributed by atoms with Crippen LogP contribution in [0.15, 0.2) is 42.5 Å². The van der Waals surface area contributed by atoms with Gasteiger partial charge in [-0.1, -0.05) is 94.5 Å². The van der Waals surface area contributed by atoms with Crippen LogP contribution in [0.25, 0.3) is 11.1 Å². The number of amides is 1. The summed E-state index contributed by atoms with van der Waals surface area (Å²) in [6.45, 7) is 2.08. The predicted molar refractivity (Wildman–Crippen MR) is 178 cm³/mol. The Morgan fingerprint density at radius 2 is 1.59 bits per heavy atom. The lowest BCUT2D eigenvalue weighted by Crippen LogP contribution is -2.41. The molecule has 2 aliphatic carbocycles. The van der Waals surface area contributed by atoms with Gasteiger partial charge in [-0.2, -0.15) is 11.8 Å². The molecule has 2 aromatic carbocycles. The Labute approximate surface area is 257 Å². The van der Waals surface area contributed by atoms with Crippen molar-refractivity contribution in [3.8, 4) is 11.1 Å². The second kappa shape index (κ2) is 15.6. The Bertz CT molecular complexity index is 1170. The molecule has 2 aromatic rings. The molecule has 2 aliphatic rings. The maximum Gasteiger partial charge on any atom is 0.326 e. The fourth-order valence-electron chi connectivity index (χ4n) is 7.10. The SMILES string of the molecule is CSCC[C@H](NC(=O)c1ccc(C(CC2CCCCC2)(CC2CCCCC2)[PH+]=S)cc1-c1ccccc1C)C(=O)O. The molecule has 2 saturated carbocycles. The van der Waals surface area contributed by atoms with Crippen LogP contribution in [0.2, 0.25) is 0 Å². The van der Waals surface area contributed by atoms with Gasteiger partial charge in [0.05, 0.1) is 0 Å². The third-order valence-corrected chi connectivity index (χ3v) is 12.3. The van der Waals surface area contributed by atoms with Gasteiger partial charge in [-0.15, -0.1) is 0 Å². The number of benzene rings is 2. The van der Waals surface area contributed by atoms with Crippen molar-refractivity contribution in [1.82, 2.24) is 5.32 Å². The van der Waals surface area contributed by atoms with Crippen molar-refractivity contribution >= 4 is 42.8 Å². The van der Waals surface area contributed by atoms with Crippen LogP contribution >= 0.6 is 19.1 Å². The monoisotopic (exact) mass is 612 g/mol. The zero-order valence-corrected chi connectivity index (χ0v) is 27.4. The molecule has 0 aromatic heterocycles. The summed E-state index contributed by atoms with van der Waals surface area (Å²) in [5, 5.41) is 12.6. The van der Waals surface area contributed by atoms with Gasteiger partial charge in [0.25, 0.3) is 5.91 Å². The summed E-state index contributed by atoms with van der Waals surface area (Å²) in [5.74, 6) is 0.772. The molecule has 2 N–H and O–H groups in total. The van der Waals surface area contributed by atoms with Crippen LogP contribution in [0.5, 0.6) is 0 Å². The minimum absolute atomic E-state index is 0.0618. The van der Waals surface area contributed by atoms with E-state index in [4.69, 9.17) is 11.8 Å². The van der Waals surface area contributed by atoms with Crippen molar-refractivity contribution in [1.29, 1.82) is 0 Å². The molecule has 7 heteroatoms. The van der Waals surface area contributed by atoms with E-state index in [1.807, 2.05) is 24.5 Å². The number of rotatable bonds is 13. The fourth-order valence-corrected chi connectivity index (χ4v) is 9.44. The number of aryl methyl sites for hydroxylation is 1. The van der Waals surface area contributed by atoms with Gasteiger partial charge in [-0.3, -0.25) is 4.79 Å². The Morgan fingerprint density at radius 3 is 2.12 bits per heavy atom. The Morgan fingerprint density at radius 1 is 0.976 bits per heavy atom. The van der Waals surface area contributed by atoms with Crippen LogP contribution in [0, 0.1) is 18.8 Å². The van der Waals surface area contributed by atoms with Gasteiger partial charge in [-0.05, 0) is 66.0 Å². The van der Waals surface area contributed by atoms with E-state index in [0.717, 1.165) is 29.5 Å². The first kappa shape index (κ1) is 32.2. The number of thioether (sulfide) groups is 1. The summed E-state index contributed by atoms with van der Waals surface area (Å²) < 4.78 is 0. The highest BCUT2D eigenvalue weighted by Crippen LogP contribution is 2.51. The summed E-state index contributed by atoms with van der Waals surface area (Å²) in [6.07, 6.45) is 17.8. The summed E-state index contributed by atoms with van der Waals surface area (Å²) in [6, 6.07) is 13.6. The molecule has 4 rings (SSSR count). The molecule has 0 radical (unpaired) electrons. The Hall–Kier alpha value is -1.75. The first-order chi connectivity index (χ1) is 19.9. The van der Waals surface area contributed by atoms with E-state index in [1.165, 1.54) is 69.8 Å². The first-order valence-corrected chi connectivity index (χ1v) is 19.0. The molecule has 0 saturated heterocycles. The zero-order chi connectivity index (χ0) is 29.2. The molecule has 0 spiro atoms. The van der Waals surface area contributed by atoms with E-state index in [2.05, 4.69) is 36.5 Å². The van der Waals surface area contributed by atoms with Gasteiger partial charge in [-0.25, -0.2) is 4.79 Å². The Balaban J connectivity index is 1.78. The lowest BCUT2D eigenvalue weighted by Gasteiger charge is -2.34. The normalized spacial score (nSPS) is 17.8. The van der Waals surface area contributed by atoms with Crippen molar-refractivity contribution < 1.29 is 14.7 Å². The average molecular weight is 613 g/mol. The van der Waals surface area contributed by atoms with Gasteiger partial charge in [0.15, 0.2) is 24.3 Å². The van der Waals surface area contributed by atoms with Crippen molar-refractivity contribution in [2.75, 3.05) is 12.0 Å². The second-order valence-corrected chi connectivity index (χ2v) is 15.1. The van der Waals surface area contributed by atoms with E-state index in [-0.39, 0.29) is 11.1 Å². The number of carboxylic acid groups (broad SMARTS) is 1. The number of carboxylic acids is 1.